The van der Waals surface area contributed by atoms with Crippen LogP contribution in [-0.4, -0.2) is 19.5 Å². The van der Waals surface area contributed by atoms with Crippen molar-refractivity contribution in [1.29, 1.82) is 0 Å². The Kier molecular flexibility index (Phi) is 5.32. The van der Waals surface area contributed by atoms with Crippen LogP contribution in [-0.2, 0) is 13.3 Å². The topological polar surface area (TPSA) is 52.2 Å². The van der Waals surface area contributed by atoms with Gasteiger partial charge in [-0.2, -0.15) is 0 Å². The Balaban J connectivity index is 1.63. The van der Waals surface area contributed by atoms with Crippen LogP contribution in [0.25, 0.3) is 17.1 Å². The second kappa shape index (κ2) is 8.21. The number of aromatic nitrogens is 3. The molecule has 0 aliphatic heterocycles. The van der Waals surface area contributed by atoms with Crippen LogP contribution in [0.3, 0.4) is 0 Å². The van der Waals surface area contributed by atoms with Crippen LogP contribution in [0.5, 0.6) is 5.75 Å². The lowest BCUT2D eigenvalue weighted by atomic mass is 10.2. The maximum Gasteiger partial charge on any atom is 0.205 e. The van der Waals surface area contributed by atoms with Gasteiger partial charge in [0.05, 0.1) is 0 Å². The highest BCUT2D eigenvalue weighted by Gasteiger charge is 2.14. The van der Waals surface area contributed by atoms with E-state index >= 15 is 0 Å². The summed E-state index contributed by atoms with van der Waals surface area (Å²) in [5.41, 5.74) is 2.90. The Morgan fingerprint density at radius 3 is 2.14 bits per heavy atom. The van der Waals surface area contributed by atoms with Crippen LogP contribution in [0.4, 0.5) is 0 Å². The molecule has 0 aliphatic carbocycles. The van der Waals surface area contributed by atoms with Gasteiger partial charge in [-0.1, -0.05) is 48.5 Å². The van der Waals surface area contributed by atoms with Crippen LogP contribution in [0.2, 0.25) is 0 Å². The van der Waals surface area contributed by atoms with Crippen molar-refractivity contribution in [3.05, 3.63) is 95.3 Å². The summed E-state index contributed by atoms with van der Waals surface area (Å²) in [7, 11) is 0. The van der Waals surface area contributed by atoms with Gasteiger partial charge in [0.2, 0.25) is 4.77 Å². The number of aliphatic hydroxyl groups excluding tert-OH is 1. The first-order chi connectivity index (χ1) is 13.8. The van der Waals surface area contributed by atoms with Crippen molar-refractivity contribution in [3.8, 4) is 22.8 Å². The number of rotatable bonds is 6. The molecule has 0 aliphatic rings. The number of aliphatic hydroxyl groups is 1. The van der Waals surface area contributed by atoms with Gasteiger partial charge in [-0.25, -0.2) is 4.68 Å². The summed E-state index contributed by atoms with van der Waals surface area (Å²) in [6.45, 7) is 0.240. The van der Waals surface area contributed by atoms with Crippen molar-refractivity contribution in [3.63, 3.8) is 0 Å². The first-order valence-electron chi connectivity index (χ1n) is 8.89. The van der Waals surface area contributed by atoms with E-state index in [1.165, 1.54) is 4.68 Å². The summed E-state index contributed by atoms with van der Waals surface area (Å²) in [5, 5.41) is 14.1. The SMILES string of the molecule is OCn1nc(-c2ccc(OCc3ccccc3)cc2)n(-c2ccccc2)c1=S. The number of hydrogen-bond donors (Lipinski definition) is 1. The van der Waals surface area contributed by atoms with Crippen molar-refractivity contribution >= 4 is 12.2 Å². The first-order valence-corrected chi connectivity index (χ1v) is 9.30. The van der Waals surface area contributed by atoms with Crippen molar-refractivity contribution < 1.29 is 9.84 Å². The van der Waals surface area contributed by atoms with Crippen LogP contribution in [0.1, 0.15) is 5.56 Å². The molecule has 1 heterocycles. The molecule has 1 N–H and O–H groups in total. The highest BCUT2D eigenvalue weighted by Crippen LogP contribution is 2.25. The molecule has 140 valence electrons. The molecule has 0 amide bonds. The molecule has 4 rings (SSSR count). The zero-order valence-electron chi connectivity index (χ0n) is 15.1. The molecule has 0 saturated heterocycles. The van der Waals surface area contributed by atoms with Crippen molar-refractivity contribution in [1.82, 2.24) is 14.3 Å². The van der Waals surface area contributed by atoms with Crippen LogP contribution < -0.4 is 4.74 Å². The average molecular weight is 389 g/mol. The summed E-state index contributed by atoms with van der Waals surface area (Å²) in [6, 6.07) is 27.5. The molecular formula is C22H19N3O2S. The summed E-state index contributed by atoms with van der Waals surface area (Å²) < 4.78 is 9.55. The molecule has 0 saturated carbocycles. The molecule has 4 aromatic rings. The molecule has 1 aromatic heterocycles. The normalized spacial score (nSPS) is 10.8. The highest BCUT2D eigenvalue weighted by atomic mass is 32.1. The van der Waals surface area contributed by atoms with E-state index in [1.54, 1.807) is 0 Å². The summed E-state index contributed by atoms with van der Waals surface area (Å²) in [4.78, 5) is 0. The lowest BCUT2D eigenvalue weighted by molar-refractivity contribution is 0.193. The number of para-hydroxylation sites is 1. The van der Waals surface area contributed by atoms with E-state index in [2.05, 4.69) is 5.10 Å². The number of ether oxygens (including phenoxy) is 1. The monoisotopic (exact) mass is 389 g/mol. The van der Waals surface area contributed by atoms with Gasteiger partial charge in [0.1, 0.15) is 19.1 Å². The highest BCUT2D eigenvalue weighted by molar-refractivity contribution is 7.71. The molecule has 0 radical (unpaired) electrons. The molecule has 3 aromatic carbocycles. The minimum atomic E-state index is -0.274. The van der Waals surface area contributed by atoms with E-state index in [4.69, 9.17) is 17.0 Å². The minimum Gasteiger partial charge on any atom is -0.489 e. The van der Waals surface area contributed by atoms with Gasteiger partial charge >= 0.3 is 0 Å². The van der Waals surface area contributed by atoms with Crippen molar-refractivity contribution in [2.75, 3.05) is 0 Å². The molecule has 28 heavy (non-hydrogen) atoms. The largest absolute Gasteiger partial charge is 0.489 e. The first kappa shape index (κ1) is 18.2. The number of nitrogens with zero attached hydrogens (tertiary/aromatic N) is 3. The zero-order valence-corrected chi connectivity index (χ0v) is 15.9. The quantitative estimate of drug-likeness (QED) is 0.490. The predicted octanol–water partition coefficient (Wildman–Crippen LogP) is 4.60. The van der Waals surface area contributed by atoms with Crippen LogP contribution in [0, 0.1) is 4.77 Å². The van der Waals surface area contributed by atoms with Crippen LogP contribution in [0.15, 0.2) is 84.9 Å². The fourth-order valence-corrected chi connectivity index (χ4v) is 3.23. The van der Waals surface area contributed by atoms with Gasteiger partial charge < -0.3 is 9.84 Å². The molecule has 0 fully saturated rings. The minimum absolute atomic E-state index is 0.274. The Hall–Kier alpha value is -3.22. The van der Waals surface area contributed by atoms with E-state index in [0.29, 0.717) is 17.2 Å². The summed E-state index contributed by atoms with van der Waals surface area (Å²) in [6.07, 6.45) is 0. The fraction of sp³-hybridized carbons (Fsp3) is 0.0909. The fourth-order valence-electron chi connectivity index (χ4n) is 2.94. The second-order valence-corrected chi connectivity index (χ2v) is 6.58. The molecule has 0 bridgehead atoms. The van der Waals surface area contributed by atoms with Gasteiger partial charge in [-0.15, -0.1) is 5.10 Å². The van der Waals surface area contributed by atoms with E-state index in [0.717, 1.165) is 22.6 Å². The van der Waals surface area contributed by atoms with Gasteiger partial charge in [0.15, 0.2) is 5.82 Å². The van der Waals surface area contributed by atoms with E-state index in [1.807, 2.05) is 89.5 Å². The second-order valence-electron chi connectivity index (χ2n) is 6.22. The Morgan fingerprint density at radius 1 is 0.857 bits per heavy atom. The van der Waals surface area contributed by atoms with Gasteiger partial charge in [0.25, 0.3) is 0 Å². The lowest BCUT2D eigenvalue weighted by Gasteiger charge is -2.09. The Bertz CT molecular complexity index is 1100. The molecule has 5 nitrogen and oxygen atoms in total. The van der Waals surface area contributed by atoms with E-state index in [9.17, 15) is 5.11 Å². The van der Waals surface area contributed by atoms with E-state index in [-0.39, 0.29) is 6.73 Å². The summed E-state index contributed by atoms with van der Waals surface area (Å²) in [5.74, 6) is 1.44. The van der Waals surface area contributed by atoms with Crippen LogP contribution >= 0.6 is 12.2 Å². The third kappa shape index (κ3) is 3.74. The van der Waals surface area contributed by atoms with Gasteiger partial charge in [-0.05, 0) is 54.2 Å². The summed E-state index contributed by atoms with van der Waals surface area (Å²) >= 11 is 5.49. The molecule has 0 unspecified atom stereocenters. The van der Waals surface area contributed by atoms with Crippen molar-refractivity contribution in [2.24, 2.45) is 0 Å². The lowest BCUT2D eigenvalue weighted by Crippen LogP contribution is -2.00. The third-order valence-electron chi connectivity index (χ3n) is 4.35. The standard InChI is InChI=1S/C22H19N3O2S/c26-16-24-22(28)25(19-9-5-2-6-10-19)21(23-24)18-11-13-20(14-12-18)27-15-17-7-3-1-4-8-17/h1-14,26H,15-16H2. The maximum absolute atomic E-state index is 9.57. The molecule has 0 spiro atoms. The van der Waals surface area contributed by atoms with E-state index < -0.39 is 0 Å². The maximum atomic E-state index is 9.57. The zero-order chi connectivity index (χ0) is 19.3. The number of benzene rings is 3. The van der Waals surface area contributed by atoms with Gasteiger partial charge in [0, 0.05) is 11.3 Å². The molecular weight excluding hydrogens is 370 g/mol. The van der Waals surface area contributed by atoms with Crippen molar-refractivity contribution in [2.45, 2.75) is 13.3 Å². The molecule has 0 atom stereocenters. The molecule has 6 heteroatoms. The smallest absolute Gasteiger partial charge is 0.205 e. The Labute approximate surface area is 168 Å². The number of hydrogen-bond acceptors (Lipinski definition) is 4. The average Bonchev–Trinajstić information content (AvgIpc) is 3.10. The predicted molar refractivity (Wildman–Crippen MR) is 111 cm³/mol. The third-order valence-corrected chi connectivity index (χ3v) is 4.74. The Morgan fingerprint density at radius 2 is 1.50 bits per heavy atom. The van der Waals surface area contributed by atoms with Gasteiger partial charge in [-0.3, -0.25) is 4.57 Å².